The summed E-state index contributed by atoms with van der Waals surface area (Å²) in [7, 11) is 2.72. The van der Waals surface area contributed by atoms with Crippen LogP contribution in [0.4, 0.5) is 0 Å². The van der Waals surface area contributed by atoms with Crippen LogP contribution in [0.3, 0.4) is 0 Å². The topological polar surface area (TPSA) is 66.8 Å². The minimum Gasteiger partial charge on any atom is -0.465 e. The van der Waals surface area contributed by atoms with Gasteiger partial charge in [-0.2, -0.15) is 4.73 Å². The van der Waals surface area contributed by atoms with Gasteiger partial charge in [-0.25, -0.2) is 9.59 Å². The summed E-state index contributed by atoms with van der Waals surface area (Å²) in [5.74, 6) is -1.19. The second kappa shape index (κ2) is 7.49. The average molecular weight is 317 g/mol. The lowest BCUT2D eigenvalue weighted by Gasteiger charge is -2.10. The van der Waals surface area contributed by atoms with E-state index < -0.39 is 11.9 Å². The molecule has 0 N–H and O–H groups in total. The van der Waals surface area contributed by atoms with Crippen LogP contribution in [0.2, 0.25) is 0 Å². The number of aromatic nitrogens is 1. The highest BCUT2D eigenvalue weighted by Crippen LogP contribution is 2.22. The molecular formula is C17H19NO5. The molecule has 2 rings (SSSR count). The van der Waals surface area contributed by atoms with E-state index in [9.17, 15) is 9.59 Å². The molecule has 0 fully saturated rings. The lowest BCUT2D eigenvalue weighted by molar-refractivity contribution is 0.0503. The number of methoxy groups -OCH3 is 1. The fourth-order valence-electron chi connectivity index (χ4n) is 2.34. The molecule has 1 aromatic heterocycles. The zero-order valence-corrected chi connectivity index (χ0v) is 13.4. The molecule has 0 amide bonds. The van der Waals surface area contributed by atoms with Gasteiger partial charge in [-0.15, -0.1) is 0 Å². The third-order valence-corrected chi connectivity index (χ3v) is 3.37. The fourth-order valence-corrected chi connectivity index (χ4v) is 2.34. The fraction of sp³-hybridized carbons (Fsp3) is 0.294. The summed E-state index contributed by atoms with van der Waals surface area (Å²) in [6.07, 6.45) is 1.86. The third kappa shape index (κ3) is 3.53. The Labute approximate surface area is 134 Å². The van der Waals surface area contributed by atoms with Crippen molar-refractivity contribution in [1.29, 1.82) is 0 Å². The van der Waals surface area contributed by atoms with Crippen LogP contribution >= 0.6 is 0 Å². The maximum absolute atomic E-state index is 12.3. The van der Waals surface area contributed by atoms with E-state index in [0.717, 1.165) is 5.56 Å². The van der Waals surface area contributed by atoms with E-state index in [1.165, 1.54) is 25.1 Å². The number of benzene rings is 1. The molecule has 0 atom stereocenters. The van der Waals surface area contributed by atoms with Gasteiger partial charge in [0.1, 0.15) is 7.11 Å². The number of nitrogens with zero attached hydrogens (tertiary/aromatic N) is 1. The SMILES string of the molecule is CCOC(=O)c1c(C(=O)OC)cn(OC)c1Cc1ccccc1. The Bertz CT molecular complexity index is 691. The largest absolute Gasteiger partial charge is 0.465 e. The van der Waals surface area contributed by atoms with Crippen molar-refractivity contribution in [2.45, 2.75) is 13.3 Å². The minimum atomic E-state index is -0.613. The molecule has 6 nitrogen and oxygen atoms in total. The van der Waals surface area contributed by atoms with Crippen LogP contribution in [-0.2, 0) is 15.9 Å². The Morgan fingerprint density at radius 2 is 1.78 bits per heavy atom. The van der Waals surface area contributed by atoms with Crippen LogP contribution in [0.5, 0.6) is 0 Å². The number of rotatable bonds is 6. The molecule has 6 heteroatoms. The molecule has 0 bridgehead atoms. The summed E-state index contributed by atoms with van der Waals surface area (Å²) >= 11 is 0. The van der Waals surface area contributed by atoms with Crippen molar-refractivity contribution in [2.24, 2.45) is 0 Å². The van der Waals surface area contributed by atoms with E-state index in [2.05, 4.69) is 0 Å². The number of esters is 2. The molecule has 0 radical (unpaired) electrons. The molecule has 0 aliphatic carbocycles. The van der Waals surface area contributed by atoms with Gasteiger partial charge in [0.05, 0.1) is 36.7 Å². The van der Waals surface area contributed by atoms with Gasteiger partial charge in [-0.05, 0) is 12.5 Å². The lowest BCUT2D eigenvalue weighted by Crippen LogP contribution is -2.15. The highest BCUT2D eigenvalue weighted by molar-refractivity contribution is 6.04. The molecule has 2 aromatic rings. The Hall–Kier alpha value is -2.76. The quantitative estimate of drug-likeness (QED) is 0.763. The Morgan fingerprint density at radius 1 is 1.09 bits per heavy atom. The number of ether oxygens (including phenoxy) is 2. The van der Waals surface area contributed by atoms with Gasteiger partial charge in [-0.3, -0.25) is 0 Å². The van der Waals surface area contributed by atoms with Crippen molar-refractivity contribution < 1.29 is 23.9 Å². The predicted octanol–water partition coefficient (Wildman–Crippen LogP) is 2.10. The highest BCUT2D eigenvalue weighted by Gasteiger charge is 2.28. The van der Waals surface area contributed by atoms with E-state index in [4.69, 9.17) is 14.3 Å². The molecule has 0 aliphatic rings. The van der Waals surface area contributed by atoms with E-state index in [0.29, 0.717) is 12.1 Å². The molecule has 1 heterocycles. The second-order valence-electron chi connectivity index (χ2n) is 4.75. The molecule has 23 heavy (non-hydrogen) atoms. The van der Waals surface area contributed by atoms with Crippen molar-refractivity contribution in [3.05, 3.63) is 58.9 Å². The Balaban J connectivity index is 2.55. The molecule has 0 unspecified atom stereocenters. The molecular weight excluding hydrogens is 298 g/mol. The van der Waals surface area contributed by atoms with Gasteiger partial charge in [-0.1, -0.05) is 30.3 Å². The van der Waals surface area contributed by atoms with Gasteiger partial charge in [0, 0.05) is 6.42 Å². The second-order valence-corrected chi connectivity index (χ2v) is 4.75. The number of hydrogen-bond donors (Lipinski definition) is 0. The molecule has 1 aromatic carbocycles. The van der Waals surface area contributed by atoms with Gasteiger partial charge in [0.25, 0.3) is 0 Å². The van der Waals surface area contributed by atoms with Crippen molar-refractivity contribution >= 4 is 11.9 Å². The summed E-state index contributed by atoms with van der Waals surface area (Å²) in [6, 6.07) is 9.58. The lowest BCUT2D eigenvalue weighted by atomic mass is 10.0. The summed E-state index contributed by atoms with van der Waals surface area (Å²) in [4.78, 5) is 29.6. The summed E-state index contributed by atoms with van der Waals surface area (Å²) in [5, 5.41) is 0. The van der Waals surface area contributed by atoms with Crippen LogP contribution in [0.15, 0.2) is 36.5 Å². The molecule has 0 aliphatic heterocycles. The normalized spacial score (nSPS) is 10.2. The zero-order chi connectivity index (χ0) is 16.8. The van der Waals surface area contributed by atoms with Gasteiger partial charge >= 0.3 is 11.9 Å². The molecule has 0 spiro atoms. The van der Waals surface area contributed by atoms with Crippen LogP contribution in [0, 0.1) is 0 Å². The van der Waals surface area contributed by atoms with Crippen LogP contribution in [-0.4, -0.2) is 37.5 Å². The average Bonchev–Trinajstić information content (AvgIpc) is 2.93. The first kappa shape index (κ1) is 16.6. The van der Waals surface area contributed by atoms with Crippen LogP contribution in [0.1, 0.15) is 38.9 Å². The van der Waals surface area contributed by atoms with Crippen molar-refractivity contribution in [3.63, 3.8) is 0 Å². The van der Waals surface area contributed by atoms with Crippen molar-refractivity contribution in [3.8, 4) is 0 Å². The molecule has 0 saturated heterocycles. The van der Waals surface area contributed by atoms with Crippen LogP contribution < -0.4 is 4.84 Å². The minimum absolute atomic E-state index is 0.124. The number of hydrogen-bond acceptors (Lipinski definition) is 5. The standard InChI is InChI=1S/C17H19NO5/c1-4-23-17(20)15-13(16(19)21-2)11-18(22-3)14(15)10-12-8-6-5-7-9-12/h5-9,11H,4,10H2,1-3H3. The van der Waals surface area contributed by atoms with Crippen molar-refractivity contribution in [1.82, 2.24) is 4.73 Å². The van der Waals surface area contributed by atoms with E-state index in [1.54, 1.807) is 6.92 Å². The highest BCUT2D eigenvalue weighted by atomic mass is 16.6. The smallest absolute Gasteiger partial charge is 0.340 e. The molecule has 0 saturated carbocycles. The summed E-state index contributed by atoms with van der Waals surface area (Å²) < 4.78 is 11.2. The monoisotopic (exact) mass is 317 g/mol. The Kier molecular flexibility index (Phi) is 5.41. The first-order valence-electron chi connectivity index (χ1n) is 7.20. The van der Waals surface area contributed by atoms with Gasteiger partial charge in [0.2, 0.25) is 0 Å². The molecule has 122 valence electrons. The zero-order valence-electron chi connectivity index (χ0n) is 13.4. The maximum atomic E-state index is 12.3. The van der Waals surface area contributed by atoms with E-state index >= 15 is 0 Å². The summed E-state index contributed by atoms with van der Waals surface area (Å²) in [6.45, 7) is 1.92. The van der Waals surface area contributed by atoms with Gasteiger partial charge < -0.3 is 14.3 Å². The van der Waals surface area contributed by atoms with Crippen LogP contribution in [0.25, 0.3) is 0 Å². The number of carbonyl (C=O) groups is 2. The van der Waals surface area contributed by atoms with Crippen molar-refractivity contribution in [2.75, 3.05) is 20.8 Å². The third-order valence-electron chi connectivity index (χ3n) is 3.37. The first-order chi connectivity index (χ1) is 11.1. The van der Waals surface area contributed by atoms with E-state index in [-0.39, 0.29) is 17.7 Å². The van der Waals surface area contributed by atoms with E-state index in [1.807, 2.05) is 30.3 Å². The van der Waals surface area contributed by atoms with Gasteiger partial charge in [0.15, 0.2) is 0 Å². The number of carbonyl (C=O) groups excluding carboxylic acids is 2. The first-order valence-corrected chi connectivity index (χ1v) is 7.20. The summed E-state index contributed by atoms with van der Waals surface area (Å²) in [5.41, 5.74) is 1.81. The predicted molar refractivity (Wildman–Crippen MR) is 83.5 cm³/mol. The Morgan fingerprint density at radius 3 is 2.35 bits per heavy atom. The maximum Gasteiger partial charge on any atom is 0.340 e.